The Morgan fingerprint density at radius 2 is 1.82 bits per heavy atom. The Hall–Kier alpha value is -1.71. The Bertz CT molecular complexity index is 379. The molecule has 0 unspecified atom stereocenters. The number of amides is 1. The molecule has 0 radical (unpaired) electrons. The molecule has 1 aromatic rings. The third-order valence-electron chi connectivity index (χ3n) is 2.12. The molecular weight excluding hydrogens is 218 g/mol. The van der Waals surface area contributed by atoms with Gasteiger partial charge in [-0.25, -0.2) is 4.79 Å². The number of carbonyl (C=O) groups is 1. The second-order valence-corrected chi connectivity index (χ2v) is 5.01. The lowest BCUT2D eigenvalue weighted by Gasteiger charge is -2.22. The highest BCUT2D eigenvalue weighted by molar-refractivity contribution is 5.68. The van der Waals surface area contributed by atoms with E-state index in [9.17, 15) is 4.79 Å². The van der Waals surface area contributed by atoms with Crippen molar-refractivity contribution in [2.75, 3.05) is 0 Å². The molecule has 1 aromatic carbocycles. The maximum absolute atomic E-state index is 11.5. The van der Waals surface area contributed by atoms with Gasteiger partial charge in [0.25, 0.3) is 0 Å². The molecule has 0 spiro atoms. The van der Waals surface area contributed by atoms with Gasteiger partial charge >= 0.3 is 6.09 Å². The number of hydrogen-bond donors (Lipinski definition) is 2. The summed E-state index contributed by atoms with van der Waals surface area (Å²) in [5.74, 6) is 0.195. The van der Waals surface area contributed by atoms with Crippen LogP contribution in [0.5, 0.6) is 5.75 Å². The minimum absolute atomic E-state index is 0.195. The van der Waals surface area contributed by atoms with E-state index in [4.69, 9.17) is 9.84 Å². The molecule has 1 amide bonds. The van der Waals surface area contributed by atoms with E-state index in [2.05, 4.69) is 5.32 Å². The van der Waals surface area contributed by atoms with Crippen LogP contribution in [0.4, 0.5) is 4.79 Å². The first-order chi connectivity index (χ1) is 7.78. The first kappa shape index (κ1) is 13.4. The lowest BCUT2D eigenvalue weighted by molar-refractivity contribution is 0.100. The minimum Gasteiger partial charge on any atom is -0.508 e. The molecule has 1 atom stereocenters. The molecule has 17 heavy (non-hydrogen) atoms. The van der Waals surface area contributed by atoms with Gasteiger partial charge in [-0.1, -0.05) is 12.1 Å². The monoisotopic (exact) mass is 237 g/mol. The molecule has 0 saturated heterocycles. The molecule has 0 heterocycles. The molecule has 0 fully saturated rings. The van der Waals surface area contributed by atoms with Gasteiger partial charge in [0, 0.05) is 5.54 Å². The fourth-order valence-electron chi connectivity index (χ4n) is 1.31. The van der Waals surface area contributed by atoms with E-state index in [1.807, 2.05) is 20.8 Å². The summed E-state index contributed by atoms with van der Waals surface area (Å²) in [6, 6.07) is 6.59. The Morgan fingerprint density at radius 1 is 1.29 bits per heavy atom. The number of benzene rings is 1. The van der Waals surface area contributed by atoms with Crippen LogP contribution in [0.2, 0.25) is 0 Å². The fraction of sp³-hybridized carbons (Fsp3) is 0.462. The number of hydrogen-bond acceptors (Lipinski definition) is 3. The molecule has 0 bridgehead atoms. The van der Waals surface area contributed by atoms with Gasteiger partial charge < -0.3 is 15.2 Å². The highest BCUT2D eigenvalue weighted by atomic mass is 16.6. The van der Waals surface area contributed by atoms with Crippen LogP contribution in [0.1, 0.15) is 39.4 Å². The van der Waals surface area contributed by atoms with Gasteiger partial charge in [0.15, 0.2) is 0 Å². The van der Waals surface area contributed by atoms with Gasteiger partial charge in [-0.3, -0.25) is 0 Å². The molecule has 0 saturated carbocycles. The predicted molar refractivity (Wildman–Crippen MR) is 65.9 cm³/mol. The third-order valence-corrected chi connectivity index (χ3v) is 2.12. The zero-order valence-electron chi connectivity index (χ0n) is 10.7. The number of alkyl carbamates (subject to hydrolysis) is 1. The van der Waals surface area contributed by atoms with Crippen LogP contribution in [-0.2, 0) is 4.74 Å². The van der Waals surface area contributed by atoms with Crippen LogP contribution in [-0.4, -0.2) is 16.7 Å². The Morgan fingerprint density at radius 3 is 2.29 bits per heavy atom. The molecule has 0 aliphatic carbocycles. The van der Waals surface area contributed by atoms with E-state index in [0.29, 0.717) is 0 Å². The Balaban J connectivity index is 2.57. The van der Waals surface area contributed by atoms with Crippen LogP contribution in [0.3, 0.4) is 0 Å². The summed E-state index contributed by atoms with van der Waals surface area (Å²) < 4.78 is 5.22. The van der Waals surface area contributed by atoms with Gasteiger partial charge in [0.1, 0.15) is 11.9 Å². The number of rotatable bonds is 2. The smallest absolute Gasteiger partial charge is 0.408 e. The van der Waals surface area contributed by atoms with Crippen molar-refractivity contribution < 1.29 is 14.6 Å². The summed E-state index contributed by atoms with van der Waals surface area (Å²) in [6.45, 7) is 7.45. The van der Waals surface area contributed by atoms with E-state index in [0.717, 1.165) is 5.56 Å². The topological polar surface area (TPSA) is 58.6 Å². The Labute approximate surface area is 102 Å². The second-order valence-electron chi connectivity index (χ2n) is 5.01. The fourth-order valence-corrected chi connectivity index (χ4v) is 1.31. The Kier molecular flexibility index (Phi) is 3.99. The first-order valence-electron chi connectivity index (χ1n) is 5.55. The summed E-state index contributed by atoms with van der Waals surface area (Å²) in [5, 5.41) is 11.9. The molecule has 0 aliphatic heterocycles. The van der Waals surface area contributed by atoms with Gasteiger partial charge in [0.2, 0.25) is 0 Å². The van der Waals surface area contributed by atoms with Crippen molar-refractivity contribution in [3.8, 4) is 5.75 Å². The standard InChI is InChI=1S/C13H19NO3/c1-9(10-5-7-11(15)8-6-10)17-12(16)14-13(2,3)4/h5-9,15H,1-4H3,(H,14,16)/t9-/m0/s1. The van der Waals surface area contributed by atoms with Crippen molar-refractivity contribution in [3.05, 3.63) is 29.8 Å². The molecule has 4 heteroatoms. The van der Waals surface area contributed by atoms with Gasteiger partial charge in [-0.05, 0) is 45.4 Å². The molecule has 1 rings (SSSR count). The zero-order chi connectivity index (χ0) is 13.1. The number of nitrogens with one attached hydrogen (secondary N) is 1. The van der Waals surface area contributed by atoms with Crippen molar-refractivity contribution in [3.63, 3.8) is 0 Å². The number of carbonyl (C=O) groups excluding carboxylic acids is 1. The summed E-state index contributed by atoms with van der Waals surface area (Å²) in [5.41, 5.74) is 0.526. The van der Waals surface area contributed by atoms with E-state index in [1.54, 1.807) is 31.2 Å². The minimum atomic E-state index is -0.446. The molecule has 2 N–H and O–H groups in total. The van der Waals surface area contributed by atoms with Crippen molar-refractivity contribution in [2.45, 2.75) is 39.3 Å². The highest BCUT2D eigenvalue weighted by Crippen LogP contribution is 2.19. The lowest BCUT2D eigenvalue weighted by Crippen LogP contribution is -2.41. The predicted octanol–water partition coefficient (Wildman–Crippen LogP) is 2.98. The van der Waals surface area contributed by atoms with Crippen molar-refractivity contribution in [1.82, 2.24) is 5.32 Å². The lowest BCUT2D eigenvalue weighted by atomic mass is 10.1. The molecular formula is C13H19NO3. The summed E-state index contributed by atoms with van der Waals surface area (Å²) >= 11 is 0. The third kappa shape index (κ3) is 4.76. The first-order valence-corrected chi connectivity index (χ1v) is 5.55. The average Bonchev–Trinajstić information content (AvgIpc) is 2.15. The highest BCUT2D eigenvalue weighted by Gasteiger charge is 2.17. The number of ether oxygens (including phenoxy) is 1. The van der Waals surface area contributed by atoms with Crippen LogP contribution in [0, 0.1) is 0 Å². The van der Waals surface area contributed by atoms with E-state index < -0.39 is 6.09 Å². The number of phenolic OH excluding ortho intramolecular Hbond substituents is 1. The largest absolute Gasteiger partial charge is 0.508 e. The molecule has 0 aliphatic rings. The van der Waals surface area contributed by atoms with Crippen LogP contribution in [0.15, 0.2) is 24.3 Å². The van der Waals surface area contributed by atoms with Gasteiger partial charge in [-0.15, -0.1) is 0 Å². The maximum Gasteiger partial charge on any atom is 0.408 e. The quantitative estimate of drug-likeness (QED) is 0.831. The van der Waals surface area contributed by atoms with E-state index in [-0.39, 0.29) is 17.4 Å². The van der Waals surface area contributed by atoms with E-state index >= 15 is 0 Å². The molecule has 94 valence electrons. The number of aromatic hydroxyl groups is 1. The normalized spacial score (nSPS) is 12.9. The molecule has 4 nitrogen and oxygen atoms in total. The van der Waals surface area contributed by atoms with Crippen LogP contribution in [0.25, 0.3) is 0 Å². The summed E-state index contributed by atoms with van der Waals surface area (Å²) in [6.07, 6.45) is -0.795. The van der Waals surface area contributed by atoms with Gasteiger partial charge in [-0.2, -0.15) is 0 Å². The van der Waals surface area contributed by atoms with Crippen molar-refractivity contribution >= 4 is 6.09 Å². The molecule has 0 aromatic heterocycles. The van der Waals surface area contributed by atoms with Crippen molar-refractivity contribution in [2.24, 2.45) is 0 Å². The average molecular weight is 237 g/mol. The summed E-state index contributed by atoms with van der Waals surface area (Å²) in [4.78, 5) is 11.5. The van der Waals surface area contributed by atoms with E-state index in [1.165, 1.54) is 0 Å². The summed E-state index contributed by atoms with van der Waals surface area (Å²) in [7, 11) is 0. The van der Waals surface area contributed by atoms with Crippen LogP contribution >= 0.6 is 0 Å². The SMILES string of the molecule is C[C@H](OC(=O)NC(C)(C)C)c1ccc(O)cc1. The van der Waals surface area contributed by atoms with Crippen molar-refractivity contribution in [1.29, 1.82) is 0 Å². The maximum atomic E-state index is 11.5. The number of phenols is 1. The van der Waals surface area contributed by atoms with Gasteiger partial charge in [0.05, 0.1) is 0 Å². The van der Waals surface area contributed by atoms with Crippen LogP contribution < -0.4 is 5.32 Å². The zero-order valence-corrected chi connectivity index (χ0v) is 10.7. The second kappa shape index (κ2) is 5.08.